The highest BCUT2D eigenvalue weighted by atomic mass is 16.6. The van der Waals surface area contributed by atoms with E-state index < -0.39 is 0 Å². The van der Waals surface area contributed by atoms with Gasteiger partial charge in [-0.15, -0.1) is 0 Å². The van der Waals surface area contributed by atoms with E-state index in [0.29, 0.717) is 17.4 Å². The maximum atomic E-state index is 11.7. The molecule has 1 saturated heterocycles. The molecular formula is C15H18O2. The molecule has 3 rings (SSSR count). The molecule has 0 N–H and O–H groups in total. The summed E-state index contributed by atoms with van der Waals surface area (Å²) in [5.74, 6) is 0.837. The fourth-order valence-corrected chi connectivity index (χ4v) is 3.64. The third kappa shape index (κ3) is 1.43. The highest BCUT2D eigenvalue weighted by Crippen LogP contribution is 2.49. The molecule has 2 nitrogen and oxygen atoms in total. The van der Waals surface area contributed by atoms with Gasteiger partial charge in [-0.2, -0.15) is 0 Å². The van der Waals surface area contributed by atoms with E-state index in [0.717, 1.165) is 19.3 Å². The van der Waals surface area contributed by atoms with Gasteiger partial charge in [0.15, 0.2) is 0 Å². The van der Waals surface area contributed by atoms with Crippen LogP contribution in [0.25, 0.3) is 0 Å². The molecule has 2 heteroatoms. The fraction of sp³-hybridized carbons (Fsp3) is 0.533. The van der Waals surface area contributed by atoms with Crippen LogP contribution in [-0.2, 0) is 9.53 Å². The van der Waals surface area contributed by atoms with Crippen molar-refractivity contribution in [2.45, 2.75) is 32.3 Å². The Kier molecular flexibility index (Phi) is 2.29. The summed E-state index contributed by atoms with van der Waals surface area (Å²) in [6.07, 6.45) is 5.31. The number of hydrogen-bond donors (Lipinski definition) is 0. The average Bonchev–Trinajstić information content (AvgIpc) is 2.75. The Morgan fingerprint density at radius 3 is 2.88 bits per heavy atom. The van der Waals surface area contributed by atoms with E-state index >= 15 is 0 Å². The first kappa shape index (κ1) is 10.8. The minimum absolute atomic E-state index is 0.0120. The van der Waals surface area contributed by atoms with Gasteiger partial charge in [0.1, 0.15) is 6.10 Å². The number of ether oxygens (including phenoxy) is 1. The lowest BCUT2D eigenvalue weighted by Gasteiger charge is -2.27. The quantitative estimate of drug-likeness (QED) is 0.363. The molecule has 0 aromatic carbocycles. The Bertz CT molecular complexity index is 444. The first-order chi connectivity index (χ1) is 8.09. The standard InChI is InChI=1S/C15H18O2/c1-8-4-7-12-10(3)15(16)17-14(12)13-9(2)5-6-11(8)13/h5,11-14H,1,3-4,6-7H2,2H3/t11-,12-,13-,14-/m0/s1. The summed E-state index contributed by atoms with van der Waals surface area (Å²) in [6.45, 7) is 10.3. The van der Waals surface area contributed by atoms with Gasteiger partial charge in [0.25, 0.3) is 0 Å². The van der Waals surface area contributed by atoms with Crippen molar-refractivity contribution in [2.24, 2.45) is 17.8 Å². The van der Waals surface area contributed by atoms with Crippen LogP contribution in [-0.4, -0.2) is 12.1 Å². The summed E-state index contributed by atoms with van der Waals surface area (Å²) in [4.78, 5) is 11.7. The SMILES string of the molecule is C=C1C(=O)O[C@@H]2[C@H]3C(C)=CC[C@H]3C(=C)CC[C@@H]12. The van der Waals surface area contributed by atoms with E-state index in [-0.39, 0.29) is 18.0 Å². The van der Waals surface area contributed by atoms with Gasteiger partial charge in [-0.3, -0.25) is 0 Å². The molecule has 0 unspecified atom stereocenters. The predicted octanol–water partition coefficient (Wildman–Crippen LogP) is 3.02. The summed E-state index contributed by atoms with van der Waals surface area (Å²) < 4.78 is 5.57. The number of carbonyl (C=O) groups is 1. The second-order valence-electron chi connectivity index (χ2n) is 5.51. The lowest BCUT2D eigenvalue weighted by atomic mass is 9.80. The van der Waals surface area contributed by atoms with Crippen LogP contribution in [0, 0.1) is 17.8 Å². The molecule has 0 spiro atoms. The lowest BCUT2D eigenvalue weighted by Crippen LogP contribution is -2.29. The summed E-state index contributed by atoms with van der Waals surface area (Å²) in [6, 6.07) is 0. The Morgan fingerprint density at radius 2 is 2.12 bits per heavy atom. The zero-order valence-electron chi connectivity index (χ0n) is 10.2. The van der Waals surface area contributed by atoms with Crippen molar-refractivity contribution in [3.05, 3.63) is 36.0 Å². The molecule has 2 aliphatic carbocycles. The highest BCUT2D eigenvalue weighted by Gasteiger charge is 2.49. The topological polar surface area (TPSA) is 26.3 Å². The second-order valence-corrected chi connectivity index (χ2v) is 5.51. The lowest BCUT2D eigenvalue weighted by molar-refractivity contribution is -0.141. The molecular weight excluding hydrogens is 212 g/mol. The molecule has 17 heavy (non-hydrogen) atoms. The molecule has 1 heterocycles. The van der Waals surface area contributed by atoms with Gasteiger partial charge in [0, 0.05) is 17.4 Å². The molecule has 1 saturated carbocycles. The first-order valence-corrected chi connectivity index (χ1v) is 6.33. The summed E-state index contributed by atoms with van der Waals surface area (Å²) in [5.41, 5.74) is 3.35. The van der Waals surface area contributed by atoms with Gasteiger partial charge in [-0.05, 0) is 32.1 Å². The molecule has 0 radical (unpaired) electrons. The van der Waals surface area contributed by atoms with Crippen molar-refractivity contribution in [1.82, 2.24) is 0 Å². The van der Waals surface area contributed by atoms with Crippen molar-refractivity contribution >= 4 is 5.97 Å². The third-order valence-corrected chi connectivity index (χ3v) is 4.66. The summed E-state index contributed by atoms with van der Waals surface area (Å²) in [7, 11) is 0. The van der Waals surface area contributed by atoms with E-state index in [1.54, 1.807) is 0 Å². The van der Waals surface area contributed by atoms with Crippen molar-refractivity contribution in [1.29, 1.82) is 0 Å². The number of fused-ring (bicyclic) bond motifs is 3. The van der Waals surface area contributed by atoms with Gasteiger partial charge in [-0.1, -0.05) is 30.4 Å². The van der Waals surface area contributed by atoms with E-state index in [2.05, 4.69) is 26.2 Å². The molecule has 0 amide bonds. The normalized spacial score (nSPS) is 40.5. The Hall–Kier alpha value is -1.31. The van der Waals surface area contributed by atoms with E-state index in [4.69, 9.17) is 4.74 Å². The van der Waals surface area contributed by atoms with Crippen molar-refractivity contribution in [2.75, 3.05) is 0 Å². The number of allylic oxidation sites excluding steroid dienone is 2. The van der Waals surface area contributed by atoms with Gasteiger partial charge >= 0.3 is 5.97 Å². The van der Waals surface area contributed by atoms with Crippen LogP contribution in [0.15, 0.2) is 36.0 Å². The predicted molar refractivity (Wildman–Crippen MR) is 66.2 cm³/mol. The van der Waals surface area contributed by atoms with Crippen LogP contribution in [0.4, 0.5) is 0 Å². The Labute approximate surface area is 102 Å². The van der Waals surface area contributed by atoms with Crippen molar-refractivity contribution in [3.8, 4) is 0 Å². The third-order valence-electron chi connectivity index (χ3n) is 4.66. The zero-order valence-corrected chi connectivity index (χ0v) is 10.2. The van der Waals surface area contributed by atoms with Crippen LogP contribution in [0.3, 0.4) is 0 Å². The van der Waals surface area contributed by atoms with E-state index in [9.17, 15) is 4.79 Å². The molecule has 0 aromatic rings. The van der Waals surface area contributed by atoms with Crippen molar-refractivity contribution < 1.29 is 9.53 Å². The monoisotopic (exact) mass is 230 g/mol. The number of rotatable bonds is 0. The largest absolute Gasteiger partial charge is 0.458 e. The molecule has 4 atom stereocenters. The van der Waals surface area contributed by atoms with Crippen LogP contribution in [0.2, 0.25) is 0 Å². The summed E-state index contributed by atoms with van der Waals surface area (Å²) >= 11 is 0. The van der Waals surface area contributed by atoms with Crippen LogP contribution < -0.4 is 0 Å². The molecule has 3 aliphatic rings. The van der Waals surface area contributed by atoms with Gasteiger partial charge in [0.2, 0.25) is 0 Å². The number of hydrogen-bond acceptors (Lipinski definition) is 2. The highest BCUT2D eigenvalue weighted by molar-refractivity contribution is 5.91. The zero-order chi connectivity index (χ0) is 12.2. The first-order valence-electron chi connectivity index (χ1n) is 6.33. The molecule has 2 fully saturated rings. The molecule has 0 aromatic heterocycles. The van der Waals surface area contributed by atoms with E-state index in [1.165, 1.54) is 11.1 Å². The second kappa shape index (κ2) is 3.59. The van der Waals surface area contributed by atoms with E-state index in [1.807, 2.05) is 0 Å². The number of esters is 1. The maximum absolute atomic E-state index is 11.7. The minimum Gasteiger partial charge on any atom is -0.458 e. The summed E-state index contributed by atoms with van der Waals surface area (Å²) in [5, 5.41) is 0. The Morgan fingerprint density at radius 1 is 1.35 bits per heavy atom. The smallest absolute Gasteiger partial charge is 0.334 e. The van der Waals surface area contributed by atoms with Gasteiger partial charge in [0.05, 0.1) is 0 Å². The van der Waals surface area contributed by atoms with Gasteiger partial charge < -0.3 is 4.74 Å². The average molecular weight is 230 g/mol. The maximum Gasteiger partial charge on any atom is 0.334 e. The van der Waals surface area contributed by atoms with Crippen LogP contribution in [0.1, 0.15) is 26.2 Å². The van der Waals surface area contributed by atoms with Crippen molar-refractivity contribution in [3.63, 3.8) is 0 Å². The van der Waals surface area contributed by atoms with Crippen LogP contribution >= 0.6 is 0 Å². The molecule has 1 aliphatic heterocycles. The van der Waals surface area contributed by atoms with Crippen LogP contribution in [0.5, 0.6) is 0 Å². The number of carbonyl (C=O) groups excluding carboxylic acids is 1. The molecule has 0 bridgehead atoms. The molecule has 90 valence electrons. The van der Waals surface area contributed by atoms with Gasteiger partial charge in [-0.25, -0.2) is 4.79 Å². The minimum atomic E-state index is -0.189. The fourth-order valence-electron chi connectivity index (χ4n) is 3.64. The Balaban J connectivity index is 2.00.